The lowest BCUT2D eigenvalue weighted by Crippen LogP contribution is -2.48. The monoisotopic (exact) mass is 249 g/mol. The van der Waals surface area contributed by atoms with Gasteiger partial charge in [-0.25, -0.2) is 13.1 Å². The van der Waals surface area contributed by atoms with Gasteiger partial charge in [0.15, 0.2) is 0 Å². The highest BCUT2D eigenvalue weighted by molar-refractivity contribution is 7.89. The van der Waals surface area contributed by atoms with Crippen molar-refractivity contribution in [2.75, 3.05) is 5.75 Å². The first kappa shape index (κ1) is 13.4. The van der Waals surface area contributed by atoms with Crippen LogP contribution in [0.3, 0.4) is 0 Å². The number of hydrogen-bond acceptors (Lipinski definition) is 3. The summed E-state index contributed by atoms with van der Waals surface area (Å²) in [6.45, 7) is 1.89. The first-order chi connectivity index (χ1) is 7.33. The van der Waals surface area contributed by atoms with E-state index in [0.29, 0.717) is 0 Å². The van der Waals surface area contributed by atoms with Crippen molar-refractivity contribution in [3.63, 3.8) is 0 Å². The topological polar surface area (TPSA) is 83.5 Å². The lowest BCUT2D eigenvalue weighted by atomic mass is 9.84. The fourth-order valence-electron chi connectivity index (χ4n) is 2.08. The second-order valence-electron chi connectivity index (χ2n) is 4.69. The molecule has 94 valence electrons. The van der Waals surface area contributed by atoms with Crippen LogP contribution in [0, 0.1) is 0 Å². The van der Waals surface area contributed by atoms with E-state index in [1.165, 1.54) is 0 Å². The number of carboxylic acids is 1. The number of hydrogen-bond donors (Lipinski definition) is 2. The third-order valence-electron chi connectivity index (χ3n) is 2.94. The Kier molecular flexibility index (Phi) is 4.32. The normalized spacial score (nSPS) is 20.6. The van der Waals surface area contributed by atoms with Gasteiger partial charge in [0.25, 0.3) is 0 Å². The van der Waals surface area contributed by atoms with Crippen molar-refractivity contribution in [1.29, 1.82) is 0 Å². The molecule has 0 aromatic carbocycles. The summed E-state index contributed by atoms with van der Waals surface area (Å²) in [5, 5.41) is 8.45. The molecule has 0 aliphatic heterocycles. The van der Waals surface area contributed by atoms with Crippen LogP contribution in [-0.2, 0) is 14.8 Å². The van der Waals surface area contributed by atoms with Crippen molar-refractivity contribution < 1.29 is 18.3 Å². The highest BCUT2D eigenvalue weighted by atomic mass is 32.2. The number of carboxylic acid groups (broad SMARTS) is 1. The lowest BCUT2D eigenvalue weighted by molar-refractivity contribution is -0.136. The summed E-state index contributed by atoms with van der Waals surface area (Å²) in [7, 11) is -3.47. The molecule has 6 heteroatoms. The van der Waals surface area contributed by atoms with E-state index in [9.17, 15) is 13.2 Å². The largest absolute Gasteiger partial charge is 0.481 e. The summed E-state index contributed by atoms with van der Waals surface area (Å²) >= 11 is 0. The Hall–Kier alpha value is -0.620. The van der Waals surface area contributed by atoms with Gasteiger partial charge in [0, 0.05) is 5.54 Å². The molecule has 5 nitrogen and oxygen atoms in total. The average molecular weight is 249 g/mol. The van der Waals surface area contributed by atoms with Gasteiger partial charge in [-0.2, -0.15) is 0 Å². The van der Waals surface area contributed by atoms with Gasteiger partial charge in [-0.3, -0.25) is 4.79 Å². The summed E-state index contributed by atoms with van der Waals surface area (Å²) < 4.78 is 25.9. The first-order valence-electron chi connectivity index (χ1n) is 5.56. The Balaban J connectivity index is 2.53. The van der Waals surface area contributed by atoms with E-state index in [4.69, 9.17) is 5.11 Å². The van der Waals surface area contributed by atoms with Crippen LogP contribution in [0.2, 0.25) is 0 Å². The van der Waals surface area contributed by atoms with Crippen LogP contribution in [0.25, 0.3) is 0 Å². The van der Waals surface area contributed by atoms with Crippen LogP contribution in [0.4, 0.5) is 0 Å². The molecule has 1 rings (SSSR count). The zero-order valence-corrected chi connectivity index (χ0v) is 10.3. The van der Waals surface area contributed by atoms with Gasteiger partial charge < -0.3 is 5.11 Å². The molecule has 0 saturated heterocycles. The van der Waals surface area contributed by atoms with Crippen molar-refractivity contribution in [3.05, 3.63) is 0 Å². The van der Waals surface area contributed by atoms with Crippen LogP contribution in [0.5, 0.6) is 0 Å². The molecular weight excluding hydrogens is 230 g/mol. The van der Waals surface area contributed by atoms with Gasteiger partial charge in [0.2, 0.25) is 10.0 Å². The molecule has 1 aliphatic rings. The number of aliphatic carboxylic acids is 1. The van der Waals surface area contributed by atoms with Crippen molar-refractivity contribution >= 4 is 16.0 Å². The minimum Gasteiger partial charge on any atom is -0.481 e. The van der Waals surface area contributed by atoms with E-state index < -0.39 is 16.0 Å². The molecule has 0 bridgehead atoms. The van der Waals surface area contributed by atoms with Crippen LogP contribution >= 0.6 is 0 Å². The standard InChI is InChI=1S/C10H19NO4S/c1-10(6-3-2-4-7-10)11-16(14,15)8-5-9(12)13/h11H,2-8H2,1H3,(H,12,13). The Bertz CT molecular complexity index is 344. The molecule has 2 N–H and O–H groups in total. The molecule has 0 spiro atoms. The Labute approximate surface area is 96.3 Å². The Morgan fingerprint density at radius 3 is 2.38 bits per heavy atom. The minimum absolute atomic E-state index is 0.335. The van der Waals surface area contributed by atoms with Crippen molar-refractivity contribution in [2.45, 2.75) is 51.0 Å². The van der Waals surface area contributed by atoms with Crippen LogP contribution in [-0.4, -0.2) is 30.8 Å². The maximum absolute atomic E-state index is 11.6. The quantitative estimate of drug-likeness (QED) is 0.764. The molecule has 1 fully saturated rings. The molecule has 1 saturated carbocycles. The van der Waals surface area contributed by atoms with E-state index in [0.717, 1.165) is 32.1 Å². The summed E-state index contributed by atoms with van der Waals surface area (Å²) in [4.78, 5) is 10.3. The van der Waals surface area contributed by atoms with Gasteiger partial charge >= 0.3 is 5.97 Å². The third kappa shape index (κ3) is 4.49. The fourth-order valence-corrected chi connectivity index (χ4v) is 3.58. The van der Waals surface area contributed by atoms with Gasteiger partial charge in [-0.05, 0) is 19.8 Å². The molecule has 0 amide bonds. The number of sulfonamides is 1. The van der Waals surface area contributed by atoms with E-state index in [1.54, 1.807) is 0 Å². The fraction of sp³-hybridized carbons (Fsp3) is 0.900. The maximum Gasteiger partial charge on any atom is 0.304 e. The second-order valence-corrected chi connectivity index (χ2v) is 6.53. The zero-order valence-electron chi connectivity index (χ0n) is 9.53. The summed E-state index contributed by atoms with van der Waals surface area (Å²) in [5.74, 6) is -1.42. The molecule has 1 aliphatic carbocycles. The summed E-state index contributed by atoms with van der Waals surface area (Å²) in [6.07, 6.45) is 4.52. The highest BCUT2D eigenvalue weighted by Crippen LogP contribution is 2.28. The molecule has 0 unspecified atom stereocenters. The SMILES string of the molecule is CC1(NS(=O)(=O)CCC(=O)O)CCCCC1. The molecule has 0 radical (unpaired) electrons. The lowest BCUT2D eigenvalue weighted by Gasteiger charge is -2.34. The molecular formula is C10H19NO4S. The minimum atomic E-state index is -3.47. The number of nitrogens with one attached hydrogen (secondary N) is 1. The molecule has 0 aromatic heterocycles. The first-order valence-corrected chi connectivity index (χ1v) is 7.22. The van der Waals surface area contributed by atoms with Gasteiger partial charge in [-0.15, -0.1) is 0 Å². The van der Waals surface area contributed by atoms with Gasteiger partial charge in [0.05, 0.1) is 12.2 Å². The summed E-state index contributed by atoms with van der Waals surface area (Å²) in [6, 6.07) is 0. The second kappa shape index (κ2) is 5.14. The Morgan fingerprint density at radius 2 is 1.88 bits per heavy atom. The van der Waals surface area contributed by atoms with Crippen LogP contribution in [0.1, 0.15) is 45.4 Å². The predicted octanol–water partition coefficient (Wildman–Crippen LogP) is 1.10. The van der Waals surface area contributed by atoms with Crippen LogP contribution < -0.4 is 4.72 Å². The predicted molar refractivity (Wildman–Crippen MR) is 60.7 cm³/mol. The number of rotatable bonds is 5. The van der Waals surface area contributed by atoms with Crippen molar-refractivity contribution in [2.24, 2.45) is 0 Å². The van der Waals surface area contributed by atoms with Gasteiger partial charge in [0.1, 0.15) is 0 Å². The molecule has 0 atom stereocenters. The van der Waals surface area contributed by atoms with Crippen LogP contribution in [0.15, 0.2) is 0 Å². The Morgan fingerprint density at radius 1 is 1.31 bits per heavy atom. The molecule has 0 aromatic rings. The number of carbonyl (C=O) groups is 1. The smallest absolute Gasteiger partial charge is 0.304 e. The van der Waals surface area contributed by atoms with E-state index >= 15 is 0 Å². The molecule has 0 heterocycles. The molecule has 16 heavy (non-hydrogen) atoms. The average Bonchev–Trinajstić information content (AvgIpc) is 2.14. The van der Waals surface area contributed by atoms with Crippen molar-refractivity contribution in [1.82, 2.24) is 4.72 Å². The third-order valence-corrected chi connectivity index (χ3v) is 4.49. The van der Waals surface area contributed by atoms with Crippen molar-refractivity contribution in [3.8, 4) is 0 Å². The van der Waals surface area contributed by atoms with E-state index in [-0.39, 0.29) is 17.7 Å². The summed E-state index contributed by atoms with van der Waals surface area (Å²) in [5.41, 5.74) is -0.379. The maximum atomic E-state index is 11.6. The zero-order chi connectivity index (χ0) is 12.2. The highest BCUT2D eigenvalue weighted by Gasteiger charge is 2.31. The van der Waals surface area contributed by atoms with E-state index in [2.05, 4.69) is 4.72 Å². The van der Waals surface area contributed by atoms with E-state index in [1.807, 2.05) is 6.92 Å². The van der Waals surface area contributed by atoms with Gasteiger partial charge in [-0.1, -0.05) is 19.3 Å².